The van der Waals surface area contributed by atoms with Crippen molar-refractivity contribution in [1.29, 1.82) is 0 Å². The number of ketones is 1. The van der Waals surface area contributed by atoms with E-state index in [9.17, 15) is 18.0 Å². The lowest BCUT2D eigenvalue weighted by atomic mass is 10.1. The molecule has 0 heterocycles. The fourth-order valence-electron chi connectivity index (χ4n) is 1.13. The molecule has 0 amide bonds. The van der Waals surface area contributed by atoms with Crippen molar-refractivity contribution in [2.75, 3.05) is 5.33 Å². The molecule has 0 saturated heterocycles. The molecule has 5 heteroatoms. The number of Topliss-reactive ketones (excluding diaryl/α,β-unsaturated/α-hetero) is 1. The minimum Gasteiger partial charge on any atom is -0.298 e. The summed E-state index contributed by atoms with van der Waals surface area (Å²) < 4.78 is 36.9. The Kier molecular flexibility index (Phi) is 3.90. The van der Waals surface area contributed by atoms with Gasteiger partial charge in [0, 0.05) is 6.42 Å². The molecule has 0 N–H and O–H groups in total. The first-order valence-corrected chi connectivity index (χ1v) is 5.29. The van der Waals surface area contributed by atoms with Gasteiger partial charge in [-0.05, 0) is 11.6 Å². The van der Waals surface area contributed by atoms with E-state index in [0.717, 1.165) is 12.1 Å². The van der Waals surface area contributed by atoms with Crippen LogP contribution < -0.4 is 0 Å². The average Bonchev–Trinajstić information content (AvgIpc) is 2.17. The normalized spacial score (nSPS) is 11.5. The Balaban J connectivity index is 2.88. The van der Waals surface area contributed by atoms with E-state index in [2.05, 4.69) is 15.9 Å². The van der Waals surface area contributed by atoms with Crippen LogP contribution in [0.15, 0.2) is 24.3 Å². The maximum atomic E-state index is 12.3. The van der Waals surface area contributed by atoms with Crippen molar-refractivity contribution in [1.82, 2.24) is 0 Å². The van der Waals surface area contributed by atoms with Gasteiger partial charge in [0.1, 0.15) is 5.78 Å². The van der Waals surface area contributed by atoms with Crippen LogP contribution in [-0.2, 0) is 17.4 Å². The van der Waals surface area contributed by atoms with E-state index in [1.807, 2.05) is 0 Å². The fourth-order valence-corrected chi connectivity index (χ4v) is 1.33. The summed E-state index contributed by atoms with van der Waals surface area (Å²) >= 11 is 2.96. The summed E-state index contributed by atoms with van der Waals surface area (Å²) in [7, 11) is 0. The molecule has 82 valence electrons. The second kappa shape index (κ2) is 4.79. The first kappa shape index (κ1) is 12.2. The Morgan fingerprint density at radius 1 is 1.33 bits per heavy atom. The van der Waals surface area contributed by atoms with Crippen molar-refractivity contribution in [3.05, 3.63) is 35.4 Å². The molecular formula is C10H8BrF3O. The van der Waals surface area contributed by atoms with Gasteiger partial charge in [0.05, 0.1) is 10.9 Å². The summed E-state index contributed by atoms with van der Waals surface area (Å²) in [5.74, 6) is -0.144. The zero-order valence-electron chi connectivity index (χ0n) is 7.64. The number of halogens is 4. The molecule has 0 saturated carbocycles. The monoisotopic (exact) mass is 280 g/mol. The maximum absolute atomic E-state index is 12.3. The molecule has 0 atom stereocenters. The standard InChI is InChI=1S/C10H8BrF3O/c11-6-9(15)5-7-2-1-3-8(4-7)10(12,13)14/h1-4H,5-6H2. The Hall–Kier alpha value is -0.840. The zero-order valence-corrected chi connectivity index (χ0v) is 9.23. The summed E-state index contributed by atoms with van der Waals surface area (Å²) in [4.78, 5) is 11.0. The third-order valence-electron chi connectivity index (χ3n) is 1.80. The summed E-state index contributed by atoms with van der Waals surface area (Å²) in [6.07, 6.45) is -4.33. The van der Waals surface area contributed by atoms with Gasteiger partial charge in [0.25, 0.3) is 0 Å². The van der Waals surface area contributed by atoms with Gasteiger partial charge >= 0.3 is 6.18 Å². The van der Waals surface area contributed by atoms with E-state index < -0.39 is 11.7 Å². The molecule has 0 aromatic heterocycles. The van der Waals surface area contributed by atoms with Gasteiger partial charge in [-0.3, -0.25) is 4.79 Å². The summed E-state index contributed by atoms with van der Waals surface area (Å²) in [5.41, 5.74) is -0.336. The molecule has 1 aromatic rings. The number of hydrogen-bond donors (Lipinski definition) is 0. The third-order valence-corrected chi connectivity index (χ3v) is 2.43. The van der Waals surface area contributed by atoms with Crippen molar-refractivity contribution in [2.45, 2.75) is 12.6 Å². The predicted molar refractivity (Wildman–Crippen MR) is 53.9 cm³/mol. The van der Waals surface area contributed by atoms with Crippen LogP contribution in [0, 0.1) is 0 Å². The van der Waals surface area contributed by atoms with Gasteiger partial charge < -0.3 is 0 Å². The molecule has 15 heavy (non-hydrogen) atoms. The van der Waals surface area contributed by atoms with E-state index in [1.54, 1.807) is 0 Å². The molecule has 1 aromatic carbocycles. The molecule has 0 bridgehead atoms. The minimum atomic E-state index is -4.35. The van der Waals surface area contributed by atoms with Crippen LogP contribution >= 0.6 is 15.9 Å². The third kappa shape index (κ3) is 3.66. The molecule has 0 spiro atoms. The SMILES string of the molecule is O=C(CBr)Cc1cccc(C(F)(F)F)c1. The second-order valence-electron chi connectivity index (χ2n) is 3.05. The highest BCUT2D eigenvalue weighted by Gasteiger charge is 2.30. The summed E-state index contributed by atoms with van der Waals surface area (Å²) in [6, 6.07) is 4.80. The van der Waals surface area contributed by atoms with Gasteiger partial charge in [-0.15, -0.1) is 0 Å². The zero-order chi connectivity index (χ0) is 11.5. The quantitative estimate of drug-likeness (QED) is 0.777. The summed E-state index contributed by atoms with van der Waals surface area (Å²) in [5, 5.41) is 0.156. The lowest BCUT2D eigenvalue weighted by Crippen LogP contribution is -2.08. The highest BCUT2D eigenvalue weighted by atomic mass is 79.9. The highest BCUT2D eigenvalue weighted by Crippen LogP contribution is 2.29. The first-order valence-electron chi connectivity index (χ1n) is 4.17. The van der Waals surface area contributed by atoms with E-state index in [1.165, 1.54) is 12.1 Å². The fraction of sp³-hybridized carbons (Fsp3) is 0.300. The Bertz CT molecular complexity index is 360. The van der Waals surface area contributed by atoms with Gasteiger partial charge in [-0.25, -0.2) is 0 Å². The van der Waals surface area contributed by atoms with Crippen LogP contribution in [0.4, 0.5) is 13.2 Å². The van der Waals surface area contributed by atoms with Crippen LogP contribution in [0.25, 0.3) is 0 Å². The number of alkyl halides is 4. The maximum Gasteiger partial charge on any atom is 0.416 e. The molecule has 0 aliphatic heterocycles. The van der Waals surface area contributed by atoms with E-state index in [-0.39, 0.29) is 17.5 Å². The van der Waals surface area contributed by atoms with Gasteiger partial charge in [-0.2, -0.15) is 13.2 Å². The van der Waals surface area contributed by atoms with Crippen LogP contribution in [0.3, 0.4) is 0 Å². The topological polar surface area (TPSA) is 17.1 Å². The van der Waals surface area contributed by atoms with Crippen molar-refractivity contribution >= 4 is 21.7 Å². The minimum absolute atomic E-state index is 0.0230. The molecule has 0 aliphatic carbocycles. The van der Waals surface area contributed by atoms with Crippen LogP contribution in [-0.4, -0.2) is 11.1 Å². The Labute approximate surface area is 93.4 Å². The first-order chi connectivity index (χ1) is 6.93. The molecule has 0 radical (unpaired) electrons. The second-order valence-corrected chi connectivity index (χ2v) is 3.61. The largest absolute Gasteiger partial charge is 0.416 e. The van der Waals surface area contributed by atoms with Gasteiger partial charge in [0.2, 0.25) is 0 Å². The Morgan fingerprint density at radius 2 is 2.00 bits per heavy atom. The Morgan fingerprint density at radius 3 is 2.53 bits per heavy atom. The number of carbonyl (C=O) groups excluding carboxylic acids is 1. The van der Waals surface area contributed by atoms with Crippen molar-refractivity contribution < 1.29 is 18.0 Å². The predicted octanol–water partition coefficient (Wildman–Crippen LogP) is 3.21. The molecule has 1 nitrogen and oxygen atoms in total. The molecule has 0 unspecified atom stereocenters. The van der Waals surface area contributed by atoms with Crippen molar-refractivity contribution in [2.24, 2.45) is 0 Å². The van der Waals surface area contributed by atoms with E-state index >= 15 is 0 Å². The van der Waals surface area contributed by atoms with E-state index in [4.69, 9.17) is 0 Å². The number of benzene rings is 1. The lowest BCUT2D eigenvalue weighted by molar-refractivity contribution is -0.137. The van der Waals surface area contributed by atoms with Gasteiger partial charge in [0.15, 0.2) is 0 Å². The number of rotatable bonds is 3. The number of carbonyl (C=O) groups is 1. The molecule has 1 rings (SSSR count). The van der Waals surface area contributed by atoms with Gasteiger partial charge in [-0.1, -0.05) is 34.1 Å². The highest BCUT2D eigenvalue weighted by molar-refractivity contribution is 9.09. The smallest absolute Gasteiger partial charge is 0.298 e. The molecule has 0 fully saturated rings. The van der Waals surface area contributed by atoms with Crippen LogP contribution in [0.1, 0.15) is 11.1 Å². The molecular weight excluding hydrogens is 273 g/mol. The van der Waals surface area contributed by atoms with Crippen LogP contribution in [0.5, 0.6) is 0 Å². The van der Waals surface area contributed by atoms with Crippen molar-refractivity contribution in [3.8, 4) is 0 Å². The van der Waals surface area contributed by atoms with Crippen LogP contribution in [0.2, 0.25) is 0 Å². The van der Waals surface area contributed by atoms with Crippen molar-refractivity contribution in [3.63, 3.8) is 0 Å². The van der Waals surface area contributed by atoms with E-state index in [0.29, 0.717) is 5.56 Å². The molecule has 0 aliphatic rings. The average molecular weight is 281 g/mol. The lowest BCUT2D eigenvalue weighted by Gasteiger charge is -2.07. The summed E-state index contributed by atoms with van der Waals surface area (Å²) in [6.45, 7) is 0. The number of hydrogen-bond acceptors (Lipinski definition) is 1.